The molecule has 2 aromatic rings. The van der Waals surface area contributed by atoms with Gasteiger partial charge < -0.3 is 5.11 Å². The van der Waals surface area contributed by atoms with Gasteiger partial charge in [0.15, 0.2) is 5.69 Å². The van der Waals surface area contributed by atoms with Crippen molar-refractivity contribution in [2.24, 2.45) is 5.92 Å². The van der Waals surface area contributed by atoms with E-state index in [1.165, 1.54) is 18.3 Å². The first kappa shape index (κ1) is 14.0. The lowest BCUT2D eigenvalue weighted by Gasteiger charge is -2.30. The van der Waals surface area contributed by atoms with Gasteiger partial charge in [-0.3, -0.25) is 9.30 Å². The first-order valence-electron chi connectivity index (χ1n) is 7.16. The summed E-state index contributed by atoms with van der Waals surface area (Å²) >= 11 is 0. The molecule has 6 heteroatoms. The molecule has 0 atom stereocenters. The smallest absolute Gasteiger partial charge is 0.356 e. The number of nitrogens with zero attached hydrogens (tertiary/aromatic N) is 3. The fourth-order valence-electron chi connectivity index (χ4n) is 2.82. The molecule has 1 aliphatic rings. The van der Waals surface area contributed by atoms with Gasteiger partial charge in [0.2, 0.25) is 0 Å². The number of pyridine rings is 1. The first-order valence-corrected chi connectivity index (χ1v) is 7.16. The molecular formula is C15H18FN3O2. The Hall–Kier alpha value is -1.95. The zero-order valence-corrected chi connectivity index (χ0v) is 11.9. The lowest BCUT2D eigenvalue weighted by atomic mass is 9.99. The number of carboxylic acid groups (broad SMARTS) is 1. The first-order chi connectivity index (χ1) is 10.0. The van der Waals surface area contributed by atoms with Gasteiger partial charge in [0.1, 0.15) is 11.5 Å². The fraction of sp³-hybridized carbons (Fsp3) is 0.467. The zero-order chi connectivity index (χ0) is 15.0. The summed E-state index contributed by atoms with van der Waals surface area (Å²) in [6.07, 6.45) is 3.51. The Morgan fingerprint density at radius 2 is 2.14 bits per heavy atom. The van der Waals surface area contributed by atoms with Crippen molar-refractivity contribution >= 4 is 11.6 Å². The maximum absolute atomic E-state index is 13.4. The summed E-state index contributed by atoms with van der Waals surface area (Å²) in [5.41, 5.74) is 1.03. The van der Waals surface area contributed by atoms with Crippen molar-refractivity contribution in [3.8, 4) is 0 Å². The van der Waals surface area contributed by atoms with Gasteiger partial charge in [-0.2, -0.15) is 0 Å². The molecule has 0 unspecified atom stereocenters. The third-order valence-electron chi connectivity index (χ3n) is 4.13. The van der Waals surface area contributed by atoms with Crippen LogP contribution in [0.5, 0.6) is 0 Å². The van der Waals surface area contributed by atoms with E-state index in [0.717, 1.165) is 25.9 Å². The maximum atomic E-state index is 13.4. The molecule has 0 bridgehead atoms. The maximum Gasteiger partial charge on any atom is 0.356 e. The quantitative estimate of drug-likeness (QED) is 0.943. The summed E-state index contributed by atoms with van der Waals surface area (Å²) in [6.45, 7) is 4.58. The lowest BCUT2D eigenvalue weighted by molar-refractivity contribution is 0.0687. The van der Waals surface area contributed by atoms with E-state index in [4.69, 9.17) is 0 Å². The molecule has 1 saturated heterocycles. The number of aromatic nitrogens is 2. The second-order valence-corrected chi connectivity index (χ2v) is 5.75. The van der Waals surface area contributed by atoms with Crippen LogP contribution in [0.3, 0.4) is 0 Å². The van der Waals surface area contributed by atoms with Gasteiger partial charge in [-0.1, -0.05) is 6.92 Å². The topological polar surface area (TPSA) is 57.8 Å². The Morgan fingerprint density at radius 3 is 2.81 bits per heavy atom. The highest BCUT2D eigenvalue weighted by atomic mass is 19.1. The van der Waals surface area contributed by atoms with E-state index in [0.29, 0.717) is 23.8 Å². The van der Waals surface area contributed by atoms with Crippen molar-refractivity contribution < 1.29 is 14.3 Å². The number of likely N-dealkylation sites (tertiary alicyclic amines) is 1. The van der Waals surface area contributed by atoms with Crippen LogP contribution >= 0.6 is 0 Å². The summed E-state index contributed by atoms with van der Waals surface area (Å²) in [5, 5.41) is 9.32. The normalized spacial score (nSPS) is 17.4. The molecule has 0 spiro atoms. The van der Waals surface area contributed by atoms with Gasteiger partial charge in [-0.25, -0.2) is 14.2 Å². The highest BCUT2D eigenvalue weighted by Gasteiger charge is 2.23. The van der Waals surface area contributed by atoms with Gasteiger partial charge in [-0.05, 0) is 44.0 Å². The van der Waals surface area contributed by atoms with Crippen LogP contribution < -0.4 is 0 Å². The monoisotopic (exact) mass is 291 g/mol. The number of hydrogen-bond acceptors (Lipinski definition) is 3. The molecule has 5 nitrogen and oxygen atoms in total. The molecule has 0 aliphatic carbocycles. The minimum absolute atomic E-state index is 0.0132. The van der Waals surface area contributed by atoms with Crippen LogP contribution in [0.1, 0.15) is 35.9 Å². The third kappa shape index (κ3) is 2.76. The van der Waals surface area contributed by atoms with E-state index < -0.39 is 11.8 Å². The molecule has 0 aromatic carbocycles. The summed E-state index contributed by atoms with van der Waals surface area (Å²) < 4.78 is 15.0. The Labute approximate surface area is 122 Å². The minimum atomic E-state index is -1.07. The number of rotatable bonds is 3. The zero-order valence-electron chi connectivity index (χ0n) is 11.9. The fourth-order valence-corrected chi connectivity index (χ4v) is 2.82. The Morgan fingerprint density at radius 1 is 1.43 bits per heavy atom. The van der Waals surface area contributed by atoms with Gasteiger partial charge >= 0.3 is 5.97 Å². The molecule has 112 valence electrons. The molecule has 1 aliphatic heterocycles. The van der Waals surface area contributed by atoms with E-state index >= 15 is 0 Å². The van der Waals surface area contributed by atoms with E-state index in [9.17, 15) is 14.3 Å². The summed E-state index contributed by atoms with van der Waals surface area (Å²) in [5.74, 6) is -0.760. The van der Waals surface area contributed by atoms with Crippen molar-refractivity contribution in [2.75, 3.05) is 13.1 Å². The minimum Gasteiger partial charge on any atom is -0.476 e. The van der Waals surface area contributed by atoms with E-state index in [1.54, 1.807) is 4.40 Å². The highest BCUT2D eigenvalue weighted by molar-refractivity contribution is 5.88. The molecule has 3 heterocycles. The Balaban J connectivity index is 1.97. The number of carboxylic acids is 1. The Bertz CT molecular complexity index is 675. The van der Waals surface area contributed by atoms with Crippen LogP contribution in [0.2, 0.25) is 0 Å². The van der Waals surface area contributed by atoms with Gasteiger partial charge in [0.05, 0.1) is 5.69 Å². The number of aromatic carboxylic acids is 1. The second-order valence-electron chi connectivity index (χ2n) is 5.75. The molecule has 21 heavy (non-hydrogen) atoms. The molecule has 2 aromatic heterocycles. The molecule has 1 N–H and O–H groups in total. The molecule has 1 fully saturated rings. The number of piperidine rings is 1. The number of imidazole rings is 1. The van der Waals surface area contributed by atoms with Crippen LogP contribution in [0.25, 0.3) is 5.65 Å². The largest absolute Gasteiger partial charge is 0.476 e. The van der Waals surface area contributed by atoms with Crippen molar-refractivity contribution in [3.63, 3.8) is 0 Å². The van der Waals surface area contributed by atoms with Crippen LogP contribution in [-0.2, 0) is 6.54 Å². The van der Waals surface area contributed by atoms with Gasteiger partial charge in [0.25, 0.3) is 0 Å². The average molecular weight is 291 g/mol. The van der Waals surface area contributed by atoms with Crippen molar-refractivity contribution in [1.82, 2.24) is 14.3 Å². The summed E-state index contributed by atoms with van der Waals surface area (Å²) in [4.78, 5) is 17.7. The van der Waals surface area contributed by atoms with Gasteiger partial charge in [-0.15, -0.1) is 0 Å². The van der Waals surface area contributed by atoms with Crippen molar-refractivity contribution in [2.45, 2.75) is 26.3 Å². The van der Waals surface area contributed by atoms with E-state index in [2.05, 4.69) is 16.8 Å². The number of halogens is 1. The number of hydrogen-bond donors (Lipinski definition) is 1. The molecule has 0 amide bonds. The van der Waals surface area contributed by atoms with E-state index in [1.807, 2.05) is 0 Å². The highest BCUT2D eigenvalue weighted by Crippen LogP contribution is 2.21. The number of fused-ring (bicyclic) bond motifs is 1. The predicted octanol–water partition coefficient (Wildman–Crippen LogP) is 2.40. The summed E-state index contributed by atoms with van der Waals surface area (Å²) in [7, 11) is 0. The lowest BCUT2D eigenvalue weighted by Crippen LogP contribution is -2.33. The van der Waals surface area contributed by atoms with Crippen molar-refractivity contribution in [3.05, 3.63) is 35.5 Å². The second kappa shape index (κ2) is 5.44. The Kier molecular flexibility index (Phi) is 3.63. The van der Waals surface area contributed by atoms with E-state index in [-0.39, 0.29) is 5.69 Å². The average Bonchev–Trinajstić information content (AvgIpc) is 2.80. The molecule has 0 radical (unpaired) electrons. The number of carbonyl (C=O) groups is 1. The molecular weight excluding hydrogens is 273 g/mol. The molecule has 0 saturated carbocycles. The molecule has 3 rings (SSSR count). The summed E-state index contributed by atoms with van der Waals surface area (Å²) in [6, 6.07) is 2.80. The van der Waals surface area contributed by atoms with Crippen LogP contribution in [-0.4, -0.2) is 38.4 Å². The van der Waals surface area contributed by atoms with Gasteiger partial charge in [0, 0.05) is 12.7 Å². The standard InChI is InChI=1S/C15H18FN3O2/c1-10-4-6-18(7-5-10)9-12-14(15(20)21)17-13-3-2-11(16)8-19(12)13/h2-3,8,10H,4-7,9H2,1H3,(H,20,21). The van der Waals surface area contributed by atoms with Crippen LogP contribution in [0.4, 0.5) is 4.39 Å². The third-order valence-corrected chi connectivity index (χ3v) is 4.13. The van der Waals surface area contributed by atoms with Crippen LogP contribution in [0.15, 0.2) is 18.3 Å². The van der Waals surface area contributed by atoms with Crippen molar-refractivity contribution in [1.29, 1.82) is 0 Å². The predicted molar refractivity (Wildman–Crippen MR) is 75.8 cm³/mol. The SMILES string of the molecule is CC1CCN(Cc2c(C(=O)O)nc3ccc(F)cn23)CC1. The van der Waals surface area contributed by atoms with Crippen LogP contribution in [0, 0.1) is 11.7 Å².